The summed E-state index contributed by atoms with van der Waals surface area (Å²) in [5.74, 6) is 0. The van der Waals surface area contributed by atoms with E-state index in [0.29, 0.717) is 0 Å². The number of likely N-dealkylation sites (N-methyl/N-ethyl adjacent to an activating group) is 1. The van der Waals surface area contributed by atoms with Crippen molar-refractivity contribution in [1.29, 1.82) is 0 Å². The molecule has 59 valence electrons. The normalized spacial score (nSPS) is 30.0. The average Bonchev–Trinajstić information content (AvgIpc) is 2.14. The molecule has 1 atom stereocenters. The van der Waals surface area contributed by atoms with Crippen molar-refractivity contribution >= 4 is 0 Å². The molecule has 0 aliphatic carbocycles. The maximum Gasteiger partial charge on any atom is 0.0601 e. The predicted octanol–water partition coefficient (Wildman–Crippen LogP) is -0.713. The number of aliphatic hydroxyl groups is 1. The predicted molar refractivity (Wildman–Crippen MR) is 40.0 cm³/mol. The van der Waals surface area contributed by atoms with E-state index in [0.717, 1.165) is 26.1 Å². The third-order valence-corrected chi connectivity index (χ3v) is 1.92. The van der Waals surface area contributed by atoms with Crippen LogP contribution in [0.1, 0.15) is 6.42 Å². The van der Waals surface area contributed by atoms with Crippen molar-refractivity contribution in [1.82, 2.24) is 10.2 Å². The molecule has 1 aliphatic rings. The molecule has 1 N–H and O–H groups in total. The third kappa shape index (κ3) is 2.25. The summed E-state index contributed by atoms with van der Waals surface area (Å²) in [4.78, 5) is 2.25. The standard InChI is InChI=1S/C7H15N2O/c1-9-4-2-7(6-10)8-3-5-9/h7,10H,2-6H2,1H3. The van der Waals surface area contributed by atoms with Crippen LogP contribution in [0.3, 0.4) is 0 Å². The SMILES string of the molecule is CN1CC[N]C(CO)CC1. The van der Waals surface area contributed by atoms with Crippen LogP contribution in [0.5, 0.6) is 0 Å². The first-order valence-electron chi connectivity index (χ1n) is 3.79. The Labute approximate surface area is 62.0 Å². The second-order valence-electron chi connectivity index (χ2n) is 2.83. The van der Waals surface area contributed by atoms with Crippen molar-refractivity contribution in [3.63, 3.8) is 0 Å². The van der Waals surface area contributed by atoms with Gasteiger partial charge in [-0.25, -0.2) is 5.32 Å². The summed E-state index contributed by atoms with van der Waals surface area (Å²) in [7, 11) is 2.09. The van der Waals surface area contributed by atoms with Crippen molar-refractivity contribution < 1.29 is 5.11 Å². The van der Waals surface area contributed by atoms with Crippen LogP contribution >= 0.6 is 0 Å². The summed E-state index contributed by atoms with van der Waals surface area (Å²) in [6.07, 6.45) is 1.01. The van der Waals surface area contributed by atoms with Gasteiger partial charge in [-0.05, 0) is 20.0 Å². The van der Waals surface area contributed by atoms with Crippen molar-refractivity contribution in [2.75, 3.05) is 33.3 Å². The summed E-state index contributed by atoms with van der Waals surface area (Å²) >= 11 is 0. The van der Waals surface area contributed by atoms with E-state index in [1.807, 2.05) is 0 Å². The lowest BCUT2D eigenvalue weighted by Crippen LogP contribution is -2.26. The van der Waals surface area contributed by atoms with Gasteiger partial charge in [-0.1, -0.05) is 0 Å². The smallest absolute Gasteiger partial charge is 0.0601 e. The van der Waals surface area contributed by atoms with Gasteiger partial charge in [-0.3, -0.25) is 0 Å². The highest BCUT2D eigenvalue weighted by atomic mass is 16.3. The summed E-state index contributed by atoms with van der Waals surface area (Å²) in [5, 5.41) is 13.1. The van der Waals surface area contributed by atoms with Crippen molar-refractivity contribution in [3.05, 3.63) is 0 Å². The van der Waals surface area contributed by atoms with Gasteiger partial charge in [0.25, 0.3) is 0 Å². The minimum absolute atomic E-state index is 0.199. The first-order valence-corrected chi connectivity index (χ1v) is 3.79. The second kappa shape index (κ2) is 3.91. The Hall–Kier alpha value is -0.120. The van der Waals surface area contributed by atoms with Gasteiger partial charge in [-0.2, -0.15) is 0 Å². The van der Waals surface area contributed by atoms with E-state index in [9.17, 15) is 0 Å². The van der Waals surface area contributed by atoms with E-state index in [-0.39, 0.29) is 12.6 Å². The van der Waals surface area contributed by atoms with Gasteiger partial charge < -0.3 is 10.0 Å². The monoisotopic (exact) mass is 143 g/mol. The molecule has 1 saturated heterocycles. The molecule has 0 amide bonds. The van der Waals surface area contributed by atoms with Crippen LogP contribution in [0, 0.1) is 0 Å². The van der Waals surface area contributed by atoms with Gasteiger partial charge in [-0.15, -0.1) is 0 Å². The Bertz CT molecular complexity index is 97.6. The average molecular weight is 143 g/mol. The molecule has 1 radical (unpaired) electrons. The van der Waals surface area contributed by atoms with E-state index in [4.69, 9.17) is 5.11 Å². The first kappa shape index (κ1) is 7.98. The lowest BCUT2D eigenvalue weighted by molar-refractivity contribution is 0.237. The van der Waals surface area contributed by atoms with Crippen molar-refractivity contribution in [2.45, 2.75) is 12.5 Å². The summed E-state index contributed by atoms with van der Waals surface area (Å²) in [6.45, 7) is 3.20. The molecule has 1 fully saturated rings. The van der Waals surface area contributed by atoms with E-state index in [1.165, 1.54) is 0 Å². The van der Waals surface area contributed by atoms with Crippen molar-refractivity contribution in [2.24, 2.45) is 0 Å². The van der Waals surface area contributed by atoms with Gasteiger partial charge in [0.05, 0.1) is 6.61 Å². The van der Waals surface area contributed by atoms with Crippen LogP contribution < -0.4 is 5.32 Å². The molecule has 0 aromatic carbocycles. The number of aliphatic hydroxyl groups excluding tert-OH is 1. The van der Waals surface area contributed by atoms with Gasteiger partial charge in [0, 0.05) is 19.1 Å². The molecule has 1 heterocycles. The molecule has 0 spiro atoms. The molecule has 0 saturated carbocycles. The molecular formula is C7H15N2O. The van der Waals surface area contributed by atoms with E-state index < -0.39 is 0 Å². The molecule has 3 nitrogen and oxygen atoms in total. The number of rotatable bonds is 1. The van der Waals surface area contributed by atoms with Crippen LogP contribution in [0.4, 0.5) is 0 Å². The zero-order chi connectivity index (χ0) is 7.40. The van der Waals surface area contributed by atoms with E-state index >= 15 is 0 Å². The highest BCUT2D eigenvalue weighted by molar-refractivity contribution is 4.71. The fraction of sp³-hybridized carbons (Fsp3) is 1.00. The Morgan fingerprint density at radius 2 is 2.40 bits per heavy atom. The summed E-state index contributed by atoms with van der Waals surface area (Å²) in [6, 6.07) is 0.199. The van der Waals surface area contributed by atoms with E-state index in [1.54, 1.807) is 0 Å². The van der Waals surface area contributed by atoms with Gasteiger partial charge in [0.2, 0.25) is 0 Å². The quantitative estimate of drug-likeness (QED) is 0.526. The zero-order valence-electron chi connectivity index (χ0n) is 6.45. The largest absolute Gasteiger partial charge is 0.395 e. The highest BCUT2D eigenvalue weighted by Crippen LogP contribution is 1.99. The summed E-state index contributed by atoms with van der Waals surface area (Å²) in [5.41, 5.74) is 0. The topological polar surface area (TPSA) is 37.6 Å². The molecule has 3 heteroatoms. The molecular weight excluding hydrogens is 128 g/mol. The molecule has 0 aromatic heterocycles. The lowest BCUT2D eigenvalue weighted by atomic mass is 10.2. The summed E-state index contributed by atoms with van der Waals surface area (Å²) < 4.78 is 0. The Morgan fingerprint density at radius 3 is 3.10 bits per heavy atom. The third-order valence-electron chi connectivity index (χ3n) is 1.92. The van der Waals surface area contributed by atoms with E-state index in [2.05, 4.69) is 17.3 Å². The molecule has 10 heavy (non-hydrogen) atoms. The maximum absolute atomic E-state index is 8.79. The van der Waals surface area contributed by atoms with Crippen molar-refractivity contribution in [3.8, 4) is 0 Å². The zero-order valence-corrected chi connectivity index (χ0v) is 6.45. The Kier molecular flexibility index (Phi) is 3.12. The van der Waals surface area contributed by atoms with Crippen LogP contribution in [0.25, 0.3) is 0 Å². The van der Waals surface area contributed by atoms with Crippen LogP contribution in [0.2, 0.25) is 0 Å². The van der Waals surface area contributed by atoms with Gasteiger partial charge in [0.15, 0.2) is 0 Å². The molecule has 1 aliphatic heterocycles. The molecule has 0 bridgehead atoms. The highest BCUT2D eigenvalue weighted by Gasteiger charge is 2.13. The Morgan fingerprint density at radius 1 is 1.60 bits per heavy atom. The minimum Gasteiger partial charge on any atom is -0.395 e. The number of hydrogen-bond donors (Lipinski definition) is 1. The van der Waals surface area contributed by atoms with Gasteiger partial charge >= 0.3 is 0 Å². The molecule has 1 unspecified atom stereocenters. The molecule has 0 aromatic rings. The molecule has 1 rings (SSSR count). The first-order chi connectivity index (χ1) is 4.83. The number of nitrogens with zero attached hydrogens (tertiary/aromatic N) is 2. The van der Waals surface area contributed by atoms with Crippen LogP contribution in [-0.4, -0.2) is 49.3 Å². The second-order valence-corrected chi connectivity index (χ2v) is 2.83. The lowest BCUT2D eigenvalue weighted by Gasteiger charge is -2.11. The Balaban J connectivity index is 2.26. The number of hydrogen-bond acceptors (Lipinski definition) is 2. The maximum atomic E-state index is 8.79. The fourth-order valence-electron chi connectivity index (χ4n) is 1.13. The van der Waals surface area contributed by atoms with Crippen LogP contribution in [0.15, 0.2) is 0 Å². The fourth-order valence-corrected chi connectivity index (χ4v) is 1.13. The van der Waals surface area contributed by atoms with Crippen LogP contribution in [-0.2, 0) is 0 Å². The van der Waals surface area contributed by atoms with Gasteiger partial charge in [0.1, 0.15) is 0 Å². The minimum atomic E-state index is 0.199.